The van der Waals surface area contributed by atoms with Gasteiger partial charge in [0.05, 0.1) is 13.7 Å². The van der Waals surface area contributed by atoms with Crippen molar-refractivity contribution in [1.29, 1.82) is 0 Å². The van der Waals surface area contributed by atoms with Gasteiger partial charge in [0, 0.05) is 0 Å². The topological polar surface area (TPSA) is 73.9 Å². The number of alkyl carbamates (subject to hydrolysis) is 1. The number of nitrogens with one attached hydrogen (secondary N) is 1. The lowest BCUT2D eigenvalue weighted by Crippen LogP contribution is -2.34. The smallest absolute Gasteiger partial charge is 0.412 e. The van der Waals surface area contributed by atoms with Gasteiger partial charge in [-0.2, -0.15) is 0 Å². The van der Waals surface area contributed by atoms with Gasteiger partial charge in [-0.3, -0.25) is 5.32 Å². The first kappa shape index (κ1) is 18.5. The predicted molar refractivity (Wildman–Crippen MR) is 87.0 cm³/mol. The quantitative estimate of drug-likeness (QED) is 0.666. The van der Waals surface area contributed by atoms with E-state index in [2.05, 4.69) is 5.32 Å². The fraction of sp³-hybridized carbons (Fsp3) is 0.412. The molecule has 0 saturated carbocycles. The molecule has 0 aliphatic carbocycles. The number of benzene rings is 1. The van der Waals surface area contributed by atoms with Crippen LogP contribution >= 0.6 is 0 Å². The Balaban J connectivity index is 2.97. The molecule has 6 nitrogen and oxygen atoms in total. The highest BCUT2D eigenvalue weighted by Crippen LogP contribution is 2.14. The standard InChI is InChI=1S/C17H23NO5/c1-6-22-15(19)14(18-16(20)23-17(2,3)4)11-12-7-9-13(21-5)10-8-12/h7-11H,6H2,1-5H3,(H,18,20)/b14-11-. The molecule has 1 aromatic carbocycles. The largest absolute Gasteiger partial charge is 0.497 e. The van der Waals surface area contributed by atoms with Gasteiger partial charge in [0.15, 0.2) is 0 Å². The first-order valence-corrected chi connectivity index (χ1v) is 7.28. The van der Waals surface area contributed by atoms with Crippen LogP contribution in [-0.2, 0) is 14.3 Å². The molecule has 0 atom stereocenters. The van der Waals surface area contributed by atoms with E-state index in [1.54, 1.807) is 59.1 Å². The summed E-state index contributed by atoms with van der Waals surface area (Å²) in [5.74, 6) is 0.0640. The molecular weight excluding hydrogens is 298 g/mol. The van der Waals surface area contributed by atoms with Crippen LogP contribution in [0.15, 0.2) is 30.0 Å². The maximum atomic E-state index is 12.0. The molecule has 1 aromatic rings. The molecule has 0 saturated heterocycles. The maximum Gasteiger partial charge on any atom is 0.412 e. The molecule has 23 heavy (non-hydrogen) atoms. The van der Waals surface area contributed by atoms with Crippen molar-refractivity contribution in [2.75, 3.05) is 13.7 Å². The van der Waals surface area contributed by atoms with Crippen molar-refractivity contribution >= 4 is 18.1 Å². The number of hydrogen-bond acceptors (Lipinski definition) is 5. The molecule has 0 bridgehead atoms. The third kappa shape index (κ3) is 6.86. The number of hydrogen-bond donors (Lipinski definition) is 1. The summed E-state index contributed by atoms with van der Waals surface area (Å²) in [6.45, 7) is 7.11. The van der Waals surface area contributed by atoms with E-state index in [0.717, 1.165) is 0 Å². The fourth-order valence-electron chi connectivity index (χ4n) is 1.64. The van der Waals surface area contributed by atoms with Crippen molar-refractivity contribution in [1.82, 2.24) is 5.32 Å². The van der Waals surface area contributed by atoms with Crippen LogP contribution in [0.4, 0.5) is 4.79 Å². The highest BCUT2D eigenvalue weighted by molar-refractivity contribution is 5.96. The van der Waals surface area contributed by atoms with E-state index >= 15 is 0 Å². The minimum absolute atomic E-state index is 0.00580. The summed E-state index contributed by atoms with van der Waals surface area (Å²) in [5.41, 5.74) is 0.0560. The molecule has 1 rings (SSSR count). The van der Waals surface area contributed by atoms with Gasteiger partial charge in [-0.05, 0) is 51.5 Å². The van der Waals surface area contributed by atoms with E-state index in [1.165, 1.54) is 6.08 Å². The summed E-state index contributed by atoms with van der Waals surface area (Å²) in [6.07, 6.45) is 0.798. The van der Waals surface area contributed by atoms with Crippen molar-refractivity contribution < 1.29 is 23.8 Å². The van der Waals surface area contributed by atoms with Crippen LogP contribution in [0.2, 0.25) is 0 Å². The molecule has 0 fully saturated rings. The number of carbonyl (C=O) groups is 2. The van der Waals surface area contributed by atoms with Gasteiger partial charge in [-0.1, -0.05) is 12.1 Å². The van der Waals surface area contributed by atoms with Crippen molar-refractivity contribution in [3.63, 3.8) is 0 Å². The summed E-state index contributed by atoms with van der Waals surface area (Å²) in [6, 6.07) is 7.02. The van der Waals surface area contributed by atoms with E-state index in [0.29, 0.717) is 11.3 Å². The van der Waals surface area contributed by atoms with Crippen molar-refractivity contribution in [2.24, 2.45) is 0 Å². The first-order chi connectivity index (χ1) is 10.7. The zero-order chi connectivity index (χ0) is 17.5. The van der Waals surface area contributed by atoms with Crippen LogP contribution < -0.4 is 10.1 Å². The molecule has 0 spiro atoms. The molecule has 0 radical (unpaired) electrons. The third-order valence-electron chi connectivity index (χ3n) is 2.56. The van der Waals surface area contributed by atoms with E-state index in [9.17, 15) is 9.59 Å². The van der Waals surface area contributed by atoms with Crippen molar-refractivity contribution in [3.05, 3.63) is 35.5 Å². The second-order valence-electron chi connectivity index (χ2n) is 5.68. The Bertz CT molecular complexity index is 570. The fourth-order valence-corrected chi connectivity index (χ4v) is 1.64. The average Bonchev–Trinajstić information content (AvgIpc) is 2.45. The lowest BCUT2D eigenvalue weighted by atomic mass is 10.2. The zero-order valence-corrected chi connectivity index (χ0v) is 14.1. The number of esters is 1. The Hall–Kier alpha value is -2.50. The third-order valence-corrected chi connectivity index (χ3v) is 2.56. The monoisotopic (exact) mass is 321 g/mol. The Morgan fingerprint density at radius 1 is 1.17 bits per heavy atom. The predicted octanol–water partition coefficient (Wildman–Crippen LogP) is 3.12. The summed E-state index contributed by atoms with van der Waals surface area (Å²) in [7, 11) is 1.57. The molecule has 0 aromatic heterocycles. The SMILES string of the molecule is CCOC(=O)/C(=C/c1ccc(OC)cc1)NC(=O)OC(C)(C)C. The highest BCUT2D eigenvalue weighted by Gasteiger charge is 2.20. The second kappa shape index (κ2) is 8.22. The summed E-state index contributed by atoms with van der Waals surface area (Å²) in [5, 5.41) is 2.43. The van der Waals surface area contributed by atoms with Crippen LogP contribution in [0.1, 0.15) is 33.3 Å². The van der Waals surface area contributed by atoms with Gasteiger partial charge in [0.25, 0.3) is 0 Å². The molecule has 6 heteroatoms. The maximum absolute atomic E-state index is 12.0. The lowest BCUT2D eigenvalue weighted by Gasteiger charge is -2.20. The molecular formula is C17H23NO5. The van der Waals surface area contributed by atoms with E-state index in [4.69, 9.17) is 14.2 Å². The van der Waals surface area contributed by atoms with Gasteiger partial charge in [0.2, 0.25) is 0 Å². The number of amides is 1. The van der Waals surface area contributed by atoms with E-state index in [1.807, 2.05) is 0 Å². The molecule has 0 heterocycles. The Labute approximate surface area is 136 Å². The Morgan fingerprint density at radius 2 is 1.78 bits per heavy atom. The lowest BCUT2D eigenvalue weighted by molar-refractivity contribution is -0.138. The van der Waals surface area contributed by atoms with E-state index < -0.39 is 17.7 Å². The summed E-state index contributed by atoms with van der Waals surface area (Å²) >= 11 is 0. The molecule has 0 unspecified atom stereocenters. The Kier molecular flexibility index (Phi) is 6.63. The molecule has 1 amide bonds. The number of ether oxygens (including phenoxy) is 3. The molecule has 0 aliphatic rings. The van der Waals surface area contributed by atoms with Gasteiger partial charge in [-0.25, -0.2) is 9.59 Å². The molecule has 0 aliphatic heterocycles. The molecule has 1 N–H and O–H groups in total. The minimum atomic E-state index is -0.717. The van der Waals surface area contributed by atoms with Crippen LogP contribution in [-0.4, -0.2) is 31.4 Å². The van der Waals surface area contributed by atoms with E-state index in [-0.39, 0.29) is 12.3 Å². The van der Waals surface area contributed by atoms with Crippen LogP contribution in [0.25, 0.3) is 6.08 Å². The first-order valence-electron chi connectivity index (χ1n) is 7.28. The van der Waals surface area contributed by atoms with Gasteiger partial charge < -0.3 is 14.2 Å². The van der Waals surface area contributed by atoms with Gasteiger partial charge >= 0.3 is 12.1 Å². The second-order valence-corrected chi connectivity index (χ2v) is 5.68. The van der Waals surface area contributed by atoms with Gasteiger partial charge in [0.1, 0.15) is 17.0 Å². The summed E-state index contributed by atoms with van der Waals surface area (Å²) < 4.78 is 15.2. The number of carbonyl (C=O) groups excluding carboxylic acids is 2. The normalized spacial score (nSPS) is 11.6. The number of rotatable bonds is 5. The van der Waals surface area contributed by atoms with Crippen LogP contribution in [0, 0.1) is 0 Å². The highest BCUT2D eigenvalue weighted by atomic mass is 16.6. The van der Waals surface area contributed by atoms with Crippen molar-refractivity contribution in [3.8, 4) is 5.75 Å². The number of methoxy groups -OCH3 is 1. The molecule has 126 valence electrons. The van der Waals surface area contributed by atoms with Crippen molar-refractivity contribution in [2.45, 2.75) is 33.3 Å². The minimum Gasteiger partial charge on any atom is -0.497 e. The van der Waals surface area contributed by atoms with Gasteiger partial charge in [-0.15, -0.1) is 0 Å². The average molecular weight is 321 g/mol. The summed E-state index contributed by atoms with van der Waals surface area (Å²) in [4.78, 5) is 23.9. The van der Waals surface area contributed by atoms with Crippen LogP contribution in [0.3, 0.4) is 0 Å². The van der Waals surface area contributed by atoms with Crippen LogP contribution in [0.5, 0.6) is 5.75 Å². The zero-order valence-electron chi connectivity index (χ0n) is 14.1. The Morgan fingerprint density at radius 3 is 2.26 bits per heavy atom.